The fourth-order valence-electron chi connectivity index (χ4n) is 5.59. The van der Waals surface area contributed by atoms with Gasteiger partial charge in [-0.15, -0.1) is 23.2 Å². The SMILES string of the molecule is [N-]=[N+]=NC(c1ccccc1)C1C2CC3CC(Cl)(C2)CC1(Cl)C3. The molecule has 4 fully saturated rings. The van der Waals surface area contributed by atoms with Gasteiger partial charge in [0.15, 0.2) is 0 Å². The largest absolute Gasteiger partial charge is 0.119 e. The summed E-state index contributed by atoms with van der Waals surface area (Å²) in [7, 11) is 0. The summed E-state index contributed by atoms with van der Waals surface area (Å²) in [6.45, 7) is 0. The monoisotopic (exact) mass is 335 g/mol. The predicted octanol–water partition coefficient (Wildman–Crippen LogP) is 5.83. The number of nitrogens with zero attached hydrogens (tertiary/aromatic N) is 3. The Bertz CT molecular complexity index is 630. The maximum absolute atomic E-state index is 9.08. The van der Waals surface area contributed by atoms with E-state index in [4.69, 9.17) is 28.7 Å². The highest BCUT2D eigenvalue weighted by Crippen LogP contribution is 2.67. The smallest absolute Gasteiger partial charge is 0.0672 e. The quantitative estimate of drug-likeness (QED) is 0.288. The second-order valence-electron chi connectivity index (χ2n) is 7.42. The van der Waals surface area contributed by atoms with Gasteiger partial charge >= 0.3 is 0 Å². The first-order chi connectivity index (χ1) is 10.5. The molecule has 3 nitrogen and oxygen atoms in total. The Kier molecular flexibility index (Phi) is 3.38. The summed E-state index contributed by atoms with van der Waals surface area (Å²) in [4.78, 5) is 2.68. The highest BCUT2D eigenvalue weighted by Gasteiger charge is 2.63. The number of alkyl halides is 2. The second-order valence-corrected chi connectivity index (χ2v) is 8.98. The standard InChI is InChI=1S/C17H19Cl2N3/c18-16-7-11-6-13(9-16)14(17(19,8-11)10-16)15(21-22-20)12-4-2-1-3-5-12/h1-5,11,13-15H,6-10H2. The third kappa shape index (κ3) is 2.22. The summed E-state index contributed by atoms with van der Waals surface area (Å²) in [5, 5.41) is 4.16. The lowest BCUT2D eigenvalue weighted by molar-refractivity contribution is -0.0186. The molecule has 0 spiro atoms. The molecule has 4 aliphatic carbocycles. The number of hydrogen-bond acceptors (Lipinski definition) is 1. The fourth-order valence-corrected chi connectivity index (χ4v) is 7.08. The van der Waals surface area contributed by atoms with E-state index in [1.807, 2.05) is 30.3 Å². The maximum Gasteiger partial charge on any atom is 0.0672 e. The van der Waals surface area contributed by atoms with Crippen molar-refractivity contribution in [1.82, 2.24) is 0 Å². The molecule has 5 heteroatoms. The Morgan fingerprint density at radius 3 is 2.59 bits per heavy atom. The molecule has 22 heavy (non-hydrogen) atoms. The van der Waals surface area contributed by atoms with Crippen LogP contribution in [0.25, 0.3) is 10.4 Å². The topological polar surface area (TPSA) is 48.8 Å². The van der Waals surface area contributed by atoms with Gasteiger partial charge in [0.2, 0.25) is 0 Å². The Morgan fingerprint density at radius 2 is 1.95 bits per heavy atom. The zero-order chi connectivity index (χ0) is 15.4. The van der Waals surface area contributed by atoms with Crippen LogP contribution in [0, 0.1) is 17.8 Å². The minimum atomic E-state index is -0.319. The molecule has 4 aliphatic rings. The summed E-state index contributed by atoms with van der Waals surface area (Å²) in [5.74, 6) is 1.30. The number of rotatable bonds is 3. The van der Waals surface area contributed by atoms with Crippen LogP contribution in [0.4, 0.5) is 0 Å². The molecule has 6 atom stereocenters. The summed E-state index contributed by atoms with van der Waals surface area (Å²) < 4.78 is 0. The average molecular weight is 336 g/mol. The number of hydrogen-bond donors (Lipinski definition) is 0. The van der Waals surface area contributed by atoms with Gasteiger partial charge in [0.1, 0.15) is 0 Å². The van der Waals surface area contributed by atoms with Crippen molar-refractivity contribution in [3.8, 4) is 0 Å². The molecule has 0 saturated heterocycles. The molecule has 1 aromatic carbocycles. The van der Waals surface area contributed by atoms with Crippen LogP contribution < -0.4 is 0 Å². The van der Waals surface area contributed by atoms with Crippen molar-refractivity contribution < 1.29 is 0 Å². The van der Waals surface area contributed by atoms with Gasteiger partial charge in [0, 0.05) is 9.79 Å². The van der Waals surface area contributed by atoms with Crippen LogP contribution in [0.2, 0.25) is 0 Å². The Balaban J connectivity index is 1.76. The highest BCUT2D eigenvalue weighted by molar-refractivity contribution is 6.28. The number of benzene rings is 1. The molecular formula is C17H19Cl2N3. The summed E-state index contributed by atoms with van der Waals surface area (Å²) in [6.07, 6.45) is 5.13. The molecular weight excluding hydrogens is 317 g/mol. The maximum atomic E-state index is 9.08. The van der Waals surface area contributed by atoms with E-state index < -0.39 is 0 Å². The first kappa shape index (κ1) is 14.7. The molecule has 4 saturated carbocycles. The van der Waals surface area contributed by atoms with Gasteiger partial charge in [-0.05, 0) is 61.0 Å². The highest BCUT2D eigenvalue weighted by atomic mass is 35.5. The summed E-state index contributed by atoms with van der Waals surface area (Å²) in [6, 6.07) is 9.87. The van der Waals surface area contributed by atoms with E-state index in [0.717, 1.165) is 31.2 Å². The van der Waals surface area contributed by atoms with Crippen LogP contribution in [0.3, 0.4) is 0 Å². The van der Waals surface area contributed by atoms with Crippen molar-refractivity contribution in [2.75, 3.05) is 0 Å². The Labute approximate surface area is 140 Å². The number of azide groups is 1. The van der Waals surface area contributed by atoms with E-state index >= 15 is 0 Å². The minimum absolute atomic E-state index is 0.123. The van der Waals surface area contributed by atoms with E-state index in [0.29, 0.717) is 11.8 Å². The molecule has 116 valence electrons. The first-order valence-electron chi connectivity index (χ1n) is 8.00. The fraction of sp³-hybridized carbons (Fsp3) is 0.647. The molecule has 0 heterocycles. The zero-order valence-electron chi connectivity index (χ0n) is 12.3. The molecule has 0 radical (unpaired) electrons. The number of halogens is 2. The van der Waals surface area contributed by atoms with Gasteiger partial charge in [0.05, 0.1) is 10.9 Å². The summed E-state index contributed by atoms with van der Waals surface area (Å²) in [5.41, 5.74) is 10.1. The van der Waals surface area contributed by atoms with Gasteiger partial charge in [-0.2, -0.15) is 0 Å². The molecule has 0 aliphatic heterocycles. The lowest BCUT2D eigenvalue weighted by Crippen LogP contribution is -2.60. The van der Waals surface area contributed by atoms with Crippen molar-refractivity contribution >= 4 is 23.2 Å². The van der Waals surface area contributed by atoms with E-state index in [1.165, 1.54) is 6.42 Å². The van der Waals surface area contributed by atoms with Crippen molar-refractivity contribution in [3.63, 3.8) is 0 Å². The van der Waals surface area contributed by atoms with Crippen LogP contribution in [0.1, 0.15) is 43.7 Å². The Hall–Kier alpha value is -0.890. The van der Waals surface area contributed by atoms with Crippen molar-refractivity contribution in [2.24, 2.45) is 22.9 Å². The normalized spacial score (nSPS) is 43.6. The van der Waals surface area contributed by atoms with Crippen molar-refractivity contribution in [3.05, 3.63) is 46.3 Å². The van der Waals surface area contributed by atoms with E-state index in [1.54, 1.807) is 0 Å². The lowest BCUT2D eigenvalue weighted by Gasteiger charge is -2.62. The van der Waals surface area contributed by atoms with Gasteiger partial charge < -0.3 is 0 Å². The Morgan fingerprint density at radius 1 is 1.18 bits per heavy atom. The average Bonchev–Trinajstić information content (AvgIpc) is 2.44. The van der Waals surface area contributed by atoms with Crippen LogP contribution in [-0.2, 0) is 0 Å². The molecule has 6 unspecified atom stereocenters. The van der Waals surface area contributed by atoms with Gasteiger partial charge in [0.25, 0.3) is 0 Å². The van der Waals surface area contributed by atoms with Crippen molar-refractivity contribution in [1.29, 1.82) is 0 Å². The lowest BCUT2D eigenvalue weighted by atomic mass is 9.49. The first-order valence-corrected chi connectivity index (χ1v) is 8.76. The van der Waals surface area contributed by atoms with Crippen LogP contribution in [0.5, 0.6) is 0 Å². The molecule has 5 rings (SSSR count). The predicted molar refractivity (Wildman–Crippen MR) is 89.1 cm³/mol. The molecule has 0 N–H and O–H groups in total. The van der Waals surface area contributed by atoms with Crippen LogP contribution >= 0.6 is 23.2 Å². The molecule has 1 aromatic rings. The van der Waals surface area contributed by atoms with Gasteiger partial charge in [-0.3, -0.25) is 0 Å². The summed E-state index contributed by atoms with van der Waals surface area (Å²) >= 11 is 13.9. The third-order valence-electron chi connectivity index (χ3n) is 5.92. The molecule has 0 amide bonds. The molecule has 4 bridgehead atoms. The van der Waals surface area contributed by atoms with Gasteiger partial charge in [-0.25, -0.2) is 0 Å². The van der Waals surface area contributed by atoms with Gasteiger partial charge in [-0.1, -0.05) is 35.4 Å². The second kappa shape index (κ2) is 5.06. The minimum Gasteiger partial charge on any atom is -0.119 e. The molecule has 0 aromatic heterocycles. The van der Waals surface area contributed by atoms with Crippen LogP contribution in [-0.4, -0.2) is 9.75 Å². The van der Waals surface area contributed by atoms with Crippen LogP contribution in [0.15, 0.2) is 35.4 Å². The zero-order valence-corrected chi connectivity index (χ0v) is 13.8. The van der Waals surface area contributed by atoms with E-state index in [-0.39, 0.29) is 21.7 Å². The van der Waals surface area contributed by atoms with E-state index in [9.17, 15) is 0 Å². The van der Waals surface area contributed by atoms with Crippen molar-refractivity contribution in [2.45, 2.75) is 47.9 Å². The third-order valence-corrected chi connectivity index (χ3v) is 6.90. The van der Waals surface area contributed by atoms with E-state index in [2.05, 4.69) is 10.0 Å².